The van der Waals surface area contributed by atoms with Gasteiger partial charge in [-0.1, -0.05) is 11.8 Å². The van der Waals surface area contributed by atoms with Crippen molar-refractivity contribution in [1.29, 1.82) is 0 Å². The molecule has 2 rings (SSSR count). The van der Waals surface area contributed by atoms with E-state index in [1.807, 2.05) is 24.3 Å². The number of thioether (sulfide) groups is 1. The number of ether oxygens (including phenoxy) is 1. The first-order valence-electron chi connectivity index (χ1n) is 6.79. The fourth-order valence-corrected chi connectivity index (χ4v) is 2.27. The van der Waals surface area contributed by atoms with Gasteiger partial charge in [-0.25, -0.2) is 4.98 Å². The average molecular weight is 335 g/mol. The normalized spacial score (nSPS) is 10.2. The summed E-state index contributed by atoms with van der Waals surface area (Å²) in [6.07, 6.45) is 0. The summed E-state index contributed by atoms with van der Waals surface area (Å²) < 4.78 is 5.10. The van der Waals surface area contributed by atoms with E-state index in [2.05, 4.69) is 25.8 Å². The van der Waals surface area contributed by atoms with E-state index in [0.29, 0.717) is 11.0 Å². The second-order valence-electron chi connectivity index (χ2n) is 4.43. The van der Waals surface area contributed by atoms with Crippen LogP contribution < -0.4 is 15.4 Å². The molecule has 0 spiro atoms. The largest absolute Gasteiger partial charge is 0.497 e. The minimum atomic E-state index is -0.255. The predicted molar refractivity (Wildman–Crippen MR) is 86.2 cm³/mol. The zero-order chi connectivity index (χ0) is 16.7. The van der Waals surface area contributed by atoms with Crippen LogP contribution >= 0.6 is 11.8 Å². The van der Waals surface area contributed by atoms with E-state index in [4.69, 9.17) is 4.74 Å². The molecule has 1 aromatic heterocycles. The standard InChI is InChI=1S/C14H17N5O3S/c1-15-11(20)7-16-12(21)8-23-14-17-13(18-19-14)9-3-5-10(22-2)6-4-9/h3-6H,7-8H2,1-2H3,(H,15,20)(H,16,21)(H,17,18,19). The highest BCUT2D eigenvalue weighted by molar-refractivity contribution is 7.99. The van der Waals surface area contributed by atoms with Gasteiger partial charge in [0.25, 0.3) is 0 Å². The second kappa shape index (κ2) is 8.18. The number of H-pyrrole nitrogens is 1. The number of amides is 2. The van der Waals surface area contributed by atoms with E-state index in [0.717, 1.165) is 11.3 Å². The summed E-state index contributed by atoms with van der Waals surface area (Å²) in [4.78, 5) is 26.9. The van der Waals surface area contributed by atoms with Crippen LogP contribution in [-0.4, -0.2) is 53.5 Å². The average Bonchev–Trinajstić information content (AvgIpc) is 3.06. The van der Waals surface area contributed by atoms with Crippen LogP contribution in [0.3, 0.4) is 0 Å². The minimum absolute atomic E-state index is 0.0407. The molecule has 0 saturated heterocycles. The van der Waals surface area contributed by atoms with Crippen LogP contribution in [0.25, 0.3) is 11.4 Å². The van der Waals surface area contributed by atoms with Crippen molar-refractivity contribution >= 4 is 23.6 Å². The lowest BCUT2D eigenvalue weighted by atomic mass is 10.2. The maximum absolute atomic E-state index is 11.6. The molecule has 8 nitrogen and oxygen atoms in total. The molecule has 0 fully saturated rings. The highest BCUT2D eigenvalue weighted by Gasteiger charge is 2.09. The minimum Gasteiger partial charge on any atom is -0.497 e. The third-order valence-corrected chi connectivity index (χ3v) is 3.73. The van der Waals surface area contributed by atoms with Crippen molar-refractivity contribution in [3.63, 3.8) is 0 Å². The molecular formula is C14H17N5O3S. The molecular weight excluding hydrogens is 318 g/mol. The number of nitrogens with zero attached hydrogens (tertiary/aromatic N) is 2. The van der Waals surface area contributed by atoms with Gasteiger partial charge in [0.05, 0.1) is 19.4 Å². The molecule has 0 aliphatic carbocycles. The molecule has 23 heavy (non-hydrogen) atoms. The van der Waals surface area contributed by atoms with Crippen molar-refractivity contribution < 1.29 is 14.3 Å². The van der Waals surface area contributed by atoms with Crippen molar-refractivity contribution in [3.8, 4) is 17.1 Å². The van der Waals surface area contributed by atoms with Crippen LogP contribution in [0.2, 0.25) is 0 Å². The Morgan fingerprint density at radius 1 is 1.26 bits per heavy atom. The molecule has 0 aliphatic heterocycles. The summed E-state index contributed by atoms with van der Waals surface area (Å²) in [6, 6.07) is 7.39. The molecule has 0 atom stereocenters. The Kier molecular flexibility index (Phi) is 5.98. The number of aromatic amines is 1. The smallest absolute Gasteiger partial charge is 0.239 e. The number of carbonyl (C=O) groups is 2. The van der Waals surface area contributed by atoms with Crippen LogP contribution in [0.1, 0.15) is 0 Å². The van der Waals surface area contributed by atoms with Gasteiger partial charge >= 0.3 is 0 Å². The highest BCUT2D eigenvalue weighted by atomic mass is 32.2. The number of nitrogens with one attached hydrogen (secondary N) is 3. The zero-order valence-corrected chi connectivity index (χ0v) is 13.6. The number of benzene rings is 1. The monoisotopic (exact) mass is 335 g/mol. The van der Waals surface area contributed by atoms with Crippen LogP contribution in [0.15, 0.2) is 29.4 Å². The van der Waals surface area contributed by atoms with E-state index < -0.39 is 0 Å². The number of methoxy groups -OCH3 is 1. The summed E-state index contributed by atoms with van der Waals surface area (Å²) >= 11 is 1.19. The van der Waals surface area contributed by atoms with E-state index >= 15 is 0 Å². The lowest BCUT2D eigenvalue weighted by Crippen LogP contribution is -2.36. The lowest BCUT2D eigenvalue weighted by molar-refractivity contribution is -0.124. The number of rotatable bonds is 7. The van der Waals surface area contributed by atoms with Crippen LogP contribution in [0, 0.1) is 0 Å². The molecule has 9 heteroatoms. The van der Waals surface area contributed by atoms with Gasteiger partial charge in [0, 0.05) is 12.6 Å². The molecule has 0 saturated carbocycles. The molecule has 1 aromatic carbocycles. The van der Waals surface area contributed by atoms with Gasteiger partial charge in [-0.2, -0.15) is 0 Å². The second-order valence-corrected chi connectivity index (χ2v) is 5.38. The summed E-state index contributed by atoms with van der Waals surface area (Å²) in [5.41, 5.74) is 0.870. The number of likely N-dealkylation sites (N-methyl/N-ethyl adjacent to an activating group) is 1. The fourth-order valence-electron chi connectivity index (χ4n) is 1.64. The van der Waals surface area contributed by atoms with Crippen LogP contribution in [-0.2, 0) is 9.59 Å². The van der Waals surface area contributed by atoms with Crippen molar-refractivity contribution in [2.75, 3.05) is 26.5 Å². The Morgan fingerprint density at radius 2 is 2.00 bits per heavy atom. The molecule has 0 bridgehead atoms. The molecule has 0 radical (unpaired) electrons. The molecule has 2 amide bonds. The Bertz CT molecular complexity index is 671. The van der Waals surface area contributed by atoms with E-state index in [-0.39, 0.29) is 24.1 Å². The van der Waals surface area contributed by atoms with Gasteiger partial charge in [-0.05, 0) is 24.3 Å². The number of aromatic nitrogens is 3. The molecule has 0 aliphatic rings. The summed E-state index contributed by atoms with van der Waals surface area (Å²) in [5.74, 6) is 1.01. The molecule has 0 unspecified atom stereocenters. The molecule has 122 valence electrons. The van der Waals surface area contributed by atoms with Gasteiger partial charge in [-0.3, -0.25) is 14.7 Å². The first-order valence-corrected chi connectivity index (χ1v) is 7.78. The number of hydrogen-bond donors (Lipinski definition) is 3. The molecule has 2 aromatic rings. The maximum atomic E-state index is 11.6. The summed E-state index contributed by atoms with van der Waals surface area (Å²) in [7, 11) is 3.12. The first kappa shape index (κ1) is 16.8. The van der Waals surface area contributed by atoms with Crippen molar-refractivity contribution in [1.82, 2.24) is 25.8 Å². The molecule has 1 heterocycles. The van der Waals surface area contributed by atoms with E-state index in [1.54, 1.807) is 7.11 Å². The van der Waals surface area contributed by atoms with E-state index in [1.165, 1.54) is 18.8 Å². The third-order valence-electron chi connectivity index (χ3n) is 2.89. The zero-order valence-electron chi connectivity index (χ0n) is 12.8. The van der Waals surface area contributed by atoms with Gasteiger partial charge in [-0.15, -0.1) is 5.10 Å². The van der Waals surface area contributed by atoms with Gasteiger partial charge < -0.3 is 15.4 Å². The topological polar surface area (TPSA) is 109 Å². The Morgan fingerprint density at radius 3 is 2.65 bits per heavy atom. The number of hydrogen-bond acceptors (Lipinski definition) is 6. The lowest BCUT2D eigenvalue weighted by Gasteiger charge is -2.02. The Hall–Kier alpha value is -2.55. The SMILES string of the molecule is CNC(=O)CNC(=O)CSc1n[nH]c(-c2ccc(OC)cc2)n1. The highest BCUT2D eigenvalue weighted by Crippen LogP contribution is 2.21. The first-order chi connectivity index (χ1) is 11.1. The fraction of sp³-hybridized carbons (Fsp3) is 0.286. The molecule has 3 N–H and O–H groups in total. The van der Waals surface area contributed by atoms with Crippen LogP contribution in [0.5, 0.6) is 5.75 Å². The Balaban J connectivity index is 1.86. The van der Waals surface area contributed by atoms with E-state index in [9.17, 15) is 9.59 Å². The Labute approximate surface area is 137 Å². The van der Waals surface area contributed by atoms with Crippen molar-refractivity contribution in [2.45, 2.75) is 5.16 Å². The number of carbonyl (C=O) groups excluding carboxylic acids is 2. The summed E-state index contributed by atoms with van der Waals surface area (Å²) in [6.45, 7) is -0.0407. The van der Waals surface area contributed by atoms with Crippen molar-refractivity contribution in [2.24, 2.45) is 0 Å². The van der Waals surface area contributed by atoms with Gasteiger partial charge in [0.15, 0.2) is 5.82 Å². The third kappa shape index (κ3) is 4.99. The summed E-state index contributed by atoms with van der Waals surface area (Å²) in [5, 5.41) is 12.3. The maximum Gasteiger partial charge on any atom is 0.239 e. The van der Waals surface area contributed by atoms with Gasteiger partial charge in [0.2, 0.25) is 17.0 Å². The van der Waals surface area contributed by atoms with Crippen LogP contribution in [0.4, 0.5) is 0 Å². The predicted octanol–water partition coefficient (Wildman–Crippen LogP) is 0.435. The quantitative estimate of drug-likeness (QED) is 0.633. The van der Waals surface area contributed by atoms with Crippen molar-refractivity contribution in [3.05, 3.63) is 24.3 Å². The van der Waals surface area contributed by atoms with Gasteiger partial charge in [0.1, 0.15) is 5.75 Å².